The van der Waals surface area contributed by atoms with Crippen molar-refractivity contribution in [2.75, 3.05) is 16.3 Å². The van der Waals surface area contributed by atoms with Crippen molar-refractivity contribution in [3.05, 3.63) is 48.2 Å². The topological polar surface area (TPSA) is 71.1 Å². The SMILES string of the molecule is CCc1ccc(Nc2ccc(NS(C)(=O)=O)nc2)cc1. The molecule has 0 saturated heterocycles. The van der Waals surface area contributed by atoms with Gasteiger partial charge in [0.2, 0.25) is 10.0 Å². The summed E-state index contributed by atoms with van der Waals surface area (Å²) in [6.45, 7) is 2.11. The van der Waals surface area contributed by atoms with Crippen LogP contribution in [0.25, 0.3) is 0 Å². The Hall–Kier alpha value is -2.08. The van der Waals surface area contributed by atoms with Crippen molar-refractivity contribution in [3.8, 4) is 0 Å². The molecule has 1 aromatic carbocycles. The van der Waals surface area contributed by atoms with E-state index >= 15 is 0 Å². The van der Waals surface area contributed by atoms with Crippen molar-refractivity contribution in [1.82, 2.24) is 4.98 Å². The number of hydrogen-bond donors (Lipinski definition) is 2. The van der Waals surface area contributed by atoms with E-state index in [-0.39, 0.29) is 0 Å². The Morgan fingerprint density at radius 3 is 2.20 bits per heavy atom. The molecule has 0 aliphatic rings. The highest BCUT2D eigenvalue weighted by molar-refractivity contribution is 7.92. The summed E-state index contributed by atoms with van der Waals surface area (Å²) >= 11 is 0. The number of benzene rings is 1. The lowest BCUT2D eigenvalue weighted by molar-refractivity contribution is 0.606. The Labute approximate surface area is 119 Å². The number of sulfonamides is 1. The van der Waals surface area contributed by atoms with Gasteiger partial charge >= 0.3 is 0 Å². The second kappa shape index (κ2) is 5.92. The average molecular weight is 291 g/mol. The van der Waals surface area contributed by atoms with Crippen molar-refractivity contribution < 1.29 is 8.42 Å². The highest BCUT2D eigenvalue weighted by atomic mass is 32.2. The maximum absolute atomic E-state index is 11.1. The summed E-state index contributed by atoms with van der Waals surface area (Å²) in [5.74, 6) is 0.305. The predicted octanol–water partition coefficient (Wildman–Crippen LogP) is 2.76. The number of aryl methyl sites for hydroxylation is 1. The van der Waals surface area contributed by atoms with Gasteiger partial charge in [-0.15, -0.1) is 0 Å². The number of nitrogens with zero attached hydrogens (tertiary/aromatic N) is 1. The Balaban J connectivity index is 2.06. The number of rotatable bonds is 5. The molecule has 20 heavy (non-hydrogen) atoms. The van der Waals surface area contributed by atoms with Crippen LogP contribution in [0.2, 0.25) is 0 Å². The van der Waals surface area contributed by atoms with E-state index in [1.807, 2.05) is 12.1 Å². The lowest BCUT2D eigenvalue weighted by atomic mass is 10.1. The minimum Gasteiger partial charge on any atom is -0.354 e. The van der Waals surface area contributed by atoms with Gasteiger partial charge in [0, 0.05) is 5.69 Å². The third kappa shape index (κ3) is 4.24. The van der Waals surface area contributed by atoms with Crippen molar-refractivity contribution in [1.29, 1.82) is 0 Å². The summed E-state index contributed by atoms with van der Waals surface area (Å²) in [5, 5.41) is 3.21. The molecule has 0 bridgehead atoms. The number of nitrogens with one attached hydrogen (secondary N) is 2. The molecule has 0 saturated carbocycles. The fourth-order valence-corrected chi connectivity index (χ4v) is 2.21. The highest BCUT2D eigenvalue weighted by Gasteiger charge is 2.03. The van der Waals surface area contributed by atoms with Gasteiger partial charge < -0.3 is 5.32 Å². The molecule has 0 fully saturated rings. The maximum Gasteiger partial charge on any atom is 0.230 e. The first-order valence-corrected chi connectivity index (χ1v) is 8.15. The summed E-state index contributed by atoms with van der Waals surface area (Å²) in [6, 6.07) is 11.5. The lowest BCUT2D eigenvalue weighted by Crippen LogP contribution is -2.10. The molecule has 2 N–H and O–H groups in total. The quantitative estimate of drug-likeness (QED) is 0.888. The number of aromatic nitrogens is 1. The van der Waals surface area contributed by atoms with Crippen LogP contribution in [-0.4, -0.2) is 19.7 Å². The van der Waals surface area contributed by atoms with Crippen molar-refractivity contribution >= 4 is 27.2 Å². The van der Waals surface area contributed by atoms with Crippen LogP contribution in [0, 0.1) is 0 Å². The van der Waals surface area contributed by atoms with Crippen LogP contribution in [0.1, 0.15) is 12.5 Å². The van der Waals surface area contributed by atoms with Gasteiger partial charge in [-0.25, -0.2) is 13.4 Å². The van der Waals surface area contributed by atoms with Gasteiger partial charge in [-0.2, -0.15) is 0 Å². The minimum atomic E-state index is -3.29. The van der Waals surface area contributed by atoms with Gasteiger partial charge in [-0.3, -0.25) is 4.72 Å². The van der Waals surface area contributed by atoms with Crippen molar-refractivity contribution in [2.45, 2.75) is 13.3 Å². The van der Waals surface area contributed by atoms with E-state index in [0.717, 1.165) is 24.1 Å². The first-order chi connectivity index (χ1) is 9.46. The summed E-state index contributed by atoms with van der Waals surface area (Å²) in [4.78, 5) is 4.04. The van der Waals surface area contributed by atoms with Gasteiger partial charge in [0.05, 0.1) is 18.1 Å². The fourth-order valence-electron chi connectivity index (χ4n) is 1.71. The molecule has 0 spiro atoms. The molecule has 1 aromatic heterocycles. The molecule has 0 aliphatic heterocycles. The lowest BCUT2D eigenvalue weighted by Gasteiger charge is -2.08. The first-order valence-electron chi connectivity index (χ1n) is 6.26. The molecule has 2 rings (SSSR count). The van der Waals surface area contributed by atoms with Crippen LogP contribution in [0.4, 0.5) is 17.2 Å². The first kappa shape index (κ1) is 14.3. The molecular weight excluding hydrogens is 274 g/mol. The fraction of sp³-hybridized carbons (Fsp3) is 0.214. The van der Waals surface area contributed by atoms with Crippen LogP contribution in [0.5, 0.6) is 0 Å². The number of hydrogen-bond acceptors (Lipinski definition) is 4. The molecule has 0 unspecified atom stereocenters. The monoisotopic (exact) mass is 291 g/mol. The van der Waals surface area contributed by atoms with E-state index in [9.17, 15) is 8.42 Å². The number of anilines is 3. The van der Waals surface area contributed by atoms with Gasteiger partial charge in [-0.05, 0) is 36.2 Å². The largest absolute Gasteiger partial charge is 0.354 e. The van der Waals surface area contributed by atoms with Gasteiger partial charge in [0.15, 0.2) is 0 Å². The summed E-state index contributed by atoms with van der Waals surface area (Å²) in [6.07, 6.45) is 3.69. The average Bonchev–Trinajstić information content (AvgIpc) is 2.40. The normalized spacial score (nSPS) is 11.1. The zero-order chi connectivity index (χ0) is 14.6. The molecule has 6 heteroatoms. The standard InChI is InChI=1S/C14H17N3O2S/c1-3-11-4-6-12(7-5-11)16-13-8-9-14(15-10-13)17-20(2,18)19/h4-10,16H,3H2,1-2H3,(H,15,17). The van der Waals surface area contributed by atoms with E-state index in [4.69, 9.17) is 0 Å². The number of pyridine rings is 1. The Morgan fingerprint density at radius 1 is 1.05 bits per heavy atom. The van der Waals surface area contributed by atoms with Crippen LogP contribution in [-0.2, 0) is 16.4 Å². The second-order valence-corrected chi connectivity index (χ2v) is 6.23. The molecule has 0 radical (unpaired) electrons. The molecule has 0 atom stereocenters. The van der Waals surface area contributed by atoms with E-state index in [1.54, 1.807) is 18.3 Å². The van der Waals surface area contributed by atoms with E-state index in [2.05, 4.69) is 34.1 Å². The smallest absolute Gasteiger partial charge is 0.230 e. The predicted molar refractivity (Wildman–Crippen MR) is 81.8 cm³/mol. The molecule has 106 valence electrons. The van der Waals surface area contributed by atoms with Gasteiger partial charge in [-0.1, -0.05) is 19.1 Å². The highest BCUT2D eigenvalue weighted by Crippen LogP contribution is 2.18. The molecular formula is C14H17N3O2S. The zero-order valence-corrected chi connectivity index (χ0v) is 12.2. The van der Waals surface area contributed by atoms with Crippen molar-refractivity contribution in [3.63, 3.8) is 0 Å². The Kier molecular flexibility index (Phi) is 4.24. The van der Waals surface area contributed by atoms with E-state index < -0.39 is 10.0 Å². The van der Waals surface area contributed by atoms with Crippen LogP contribution in [0.3, 0.4) is 0 Å². The maximum atomic E-state index is 11.1. The van der Waals surface area contributed by atoms with Crippen LogP contribution in [0.15, 0.2) is 42.6 Å². The van der Waals surface area contributed by atoms with Gasteiger partial charge in [0.25, 0.3) is 0 Å². The molecule has 1 heterocycles. The van der Waals surface area contributed by atoms with E-state index in [0.29, 0.717) is 5.82 Å². The van der Waals surface area contributed by atoms with Crippen LogP contribution >= 0.6 is 0 Å². The Morgan fingerprint density at radius 2 is 1.70 bits per heavy atom. The molecule has 0 aliphatic carbocycles. The molecule has 2 aromatic rings. The van der Waals surface area contributed by atoms with Gasteiger partial charge in [0.1, 0.15) is 5.82 Å². The third-order valence-electron chi connectivity index (χ3n) is 2.70. The summed E-state index contributed by atoms with van der Waals surface area (Å²) in [7, 11) is -3.29. The zero-order valence-electron chi connectivity index (χ0n) is 11.4. The summed E-state index contributed by atoms with van der Waals surface area (Å²) < 4.78 is 24.5. The van der Waals surface area contributed by atoms with Crippen LogP contribution < -0.4 is 10.0 Å². The summed E-state index contributed by atoms with van der Waals surface area (Å²) in [5.41, 5.74) is 3.04. The minimum absolute atomic E-state index is 0.305. The second-order valence-electron chi connectivity index (χ2n) is 4.48. The molecule has 5 nitrogen and oxygen atoms in total. The van der Waals surface area contributed by atoms with Crippen molar-refractivity contribution in [2.24, 2.45) is 0 Å². The van der Waals surface area contributed by atoms with E-state index in [1.165, 1.54) is 5.56 Å². The Bertz CT molecular complexity index is 665. The molecule has 0 amide bonds. The third-order valence-corrected chi connectivity index (χ3v) is 3.28.